The van der Waals surface area contributed by atoms with Crippen LogP contribution in [0.1, 0.15) is 36.0 Å². The number of rotatable bonds is 5. The summed E-state index contributed by atoms with van der Waals surface area (Å²) in [6.07, 6.45) is 6.64. The molecule has 124 valence electrons. The van der Waals surface area contributed by atoms with Gasteiger partial charge in [0, 0.05) is 25.8 Å². The molecule has 23 heavy (non-hydrogen) atoms. The van der Waals surface area contributed by atoms with Gasteiger partial charge in [0.05, 0.1) is 6.10 Å². The number of carbonyl (C=O) groups is 1. The molecule has 0 radical (unpaired) electrons. The van der Waals surface area contributed by atoms with Crippen LogP contribution < -0.4 is 4.74 Å². The Morgan fingerprint density at radius 3 is 2.52 bits per heavy atom. The summed E-state index contributed by atoms with van der Waals surface area (Å²) in [5.74, 6) is 0.886. The summed E-state index contributed by atoms with van der Waals surface area (Å²) >= 11 is 0. The third-order valence-electron chi connectivity index (χ3n) is 5.24. The maximum atomic E-state index is 12.6. The molecule has 0 N–H and O–H groups in total. The number of carbonyl (C=O) groups excluding carboxylic acids is 1. The number of methoxy groups -OCH3 is 1. The van der Waals surface area contributed by atoms with Crippen LogP contribution in [0.2, 0.25) is 0 Å². The van der Waals surface area contributed by atoms with E-state index in [1.54, 1.807) is 13.2 Å². The Kier molecular flexibility index (Phi) is 4.71. The Morgan fingerprint density at radius 2 is 1.96 bits per heavy atom. The summed E-state index contributed by atoms with van der Waals surface area (Å²) in [7, 11) is 1.79. The van der Waals surface area contributed by atoms with Gasteiger partial charge in [-0.3, -0.25) is 4.79 Å². The molecule has 0 unspecified atom stereocenters. The third-order valence-corrected chi connectivity index (χ3v) is 5.24. The fourth-order valence-electron chi connectivity index (χ4n) is 3.70. The molecule has 0 atom stereocenters. The summed E-state index contributed by atoms with van der Waals surface area (Å²) in [6.45, 7) is 5.80. The number of amides is 1. The molecule has 0 aromatic heterocycles. The van der Waals surface area contributed by atoms with E-state index in [1.807, 2.05) is 29.2 Å². The number of likely N-dealkylation sites (tertiary alicyclic amines) is 1. The van der Waals surface area contributed by atoms with Crippen LogP contribution in [0, 0.1) is 5.41 Å². The maximum absolute atomic E-state index is 12.6. The van der Waals surface area contributed by atoms with Gasteiger partial charge >= 0.3 is 0 Å². The van der Waals surface area contributed by atoms with Gasteiger partial charge in [0.25, 0.3) is 5.91 Å². The molecule has 1 amide bonds. The van der Waals surface area contributed by atoms with Crippen molar-refractivity contribution in [1.29, 1.82) is 0 Å². The zero-order valence-electron chi connectivity index (χ0n) is 13.8. The zero-order valence-corrected chi connectivity index (χ0v) is 13.8. The second-order valence-electron chi connectivity index (χ2n) is 6.68. The zero-order chi connectivity index (χ0) is 16.3. The lowest BCUT2D eigenvalue weighted by atomic mass is 9.61. The monoisotopic (exact) mass is 315 g/mol. The Balaban J connectivity index is 1.54. The lowest BCUT2D eigenvalue weighted by Gasteiger charge is -2.51. The molecule has 1 spiro atoms. The Hall–Kier alpha value is -1.81. The quantitative estimate of drug-likeness (QED) is 0.783. The van der Waals surface area contributed by atoms with Crippen LogP contribution in [0.3, 0.4) is 0 Å². The molecule has 1 saturated heterocycles. The second kappa shape index (κ2) is 6.75. The molecular formula is C19H25NO3. The van der Waals surface area contributed by atoms with Crippen molar-refractivity contribution in [2.75, 3.05) is 26.8 Å². The van der Waals surface area contributed by atoms with Crippen molar-refractivity contribution in [2.45, 2.75) is 31.8 Å². The van der Waals surface area contributed by atoms with E-state index < -0.39 is 0 Å². The van der Waals surface area contributed by atoms with Gasteiger partial charge in [-0.05, 0) is 55.4 Å². The van der Waals surface area contributed by atoms with Gasteiger partial charge in [-0.2, -0.15) is 0 Å². The standard InChI is InChI=1S/C19H25NO3/c1-3-12-23-16-6-4-15(5-7-16)18(21)20-10-8-19(9-11-20)13-17(14-19)22-2/h3-7,17H,1,8-14H2,2H3. The first kappa shape index (κ1) is 16.1. The lowest BCUT2D eigenvalue weighted by molar-refractivity contribution is -0.0841. The molecule has 4 heteroatoms. The summed E-state index contributed by atoms with van der Waals surface area (Å²) in [5.41, 5.74) is 1.16. The number of hydrogen-bond acceptors (Lipinski definition) is 3. The van der Waals surface area contributed by atoms with Crippen LogP contribution in [-0.4, -0.2) is 43.7 Å². The fourth-order valence-corrected chi connectivity index (χ4v) is 3.70. The molecule has 2 aliphatic rings. The molecule has 2 fully saturated rings. The van der Waals surface area contributed by atoms with Crippen molar-refractivity contribution in [3.63, 3.8) is 0 Å². The fraction of sp³-hybridized carbons (Fsp3) is 0.526. The van der Waals surface area contributed by atoms with Gasteiger partial charge in [0.1, 0.15) is 12.4 Å². The van der Waals surface area contributed by atoms with Gasteiger partial charge in [0.15, 0.2) is 0 Å². The highest BCUT2D eigenvalue weighted by Gasteiger charge is 2.46. The van der Waals surface area contributed by atoms with Gasteiger partial charge in [0.2, 0.25) is 0 Å². The minimum atomic E-state index is 0.123. The van der Waals surface area contributed by atoms with Crippen LogP contribution in [0.5, 0.6) is 5.75 Å². The summed E-state index contributed by atoms with van der Waals surface area (Å²) in [5, 5.41) is 0. The summed E-state index contributed by atoms with van der Waals surface area (Å²) in [4.78, 5) is 14.6. The van der Waals surface area contributed by atoms with Gasteiger partial charge in [-0.25, -0.2) is 0 Å². The molecular weight excluding hydrogens is 290 g/mol. The first-order valence-corrected chi connectivity index (χ1v) is 8.32. The average molecular weight is 315 g/mol. The minimum Gasteiger partial charge on any atom is -0.490 e. The van der Waals surface area contributed by atoms with E-state index in [1.165, 1.54) is 0 Å². The van der Waals surface area contributed by atoms with Crippen LogP contribution in [-0.2, 0) is 4.74 Å². The molecule has 0 bridgehead atoms. The van der Waals surface area contributed by atoms with Gasteiger partial charge < -0.3 is 14.4 Å². The number of ether oxygens (including phenoxy) is 2. The summed E-state index contributed by atoms with van der Waals surface area (Å²) < 4.78 is 10.8. The average Bonchev–Trinajstić information content (AvgIpc) is 2.57. The van der Waals surface area contributed by atoms with Crippen molar-refractivity contribution in [3.05, 3.63) is 42.5 Å². The van der Waals surface area contributed by atoms with Crippen molar-refractivity contribution in [1.82, 2.24) is 4.90 Å². The molecule has 4 nitrogen and oxygen atoms in total. The van der Waals surface area contributed by atoms with Crippen molar-refractivity contribution in [2.24, 2.45) is 5.41 Å². The topological polar surface area (TPSA) is 38.8 Å². The van der Waals surface area contributed by atoms with E-state index in [2.05, 4.69) is 6.58 Å². The third kappa shape index (κ3) is 3.42. The molecule has 3 rings (SSSR count). The van der Waals surface area contributed by atoms with Gasteiger partial charge in [-0.1, -0.05) is 12.7 Å². The first-order valence-electron chi connectivity index (χ1n) is 8.32. The highest BCUT2D eigenvalue weighted by atomic mass is 16.5. The van der Waals surface area contributed by atoms with Crippen LogP contribution in [0.15, 0.2) is 36.9 Å². The summed E-state index contributed by atoms with van der Waals surface area (Å²) in [6, 6.07) is 7.37. The van der Waals surface area contributed by atoms with E-state index in [4.69, 9.17) is 9.47 Å². The predicted molar refractivity (Wildman–Crippen MR) is 89.7 cm³/mol. The van der Waals surface area contributed by atoms with Crippen LogP contribution >= 0.6 is 0 Å². The molecule has 1 aliphatic carbocycles. The van der Waals surface area contributed by atoms with Crippen molar-refractivity contribution in [3.8, 4) is 5.75 Å². The molecule has 1 saturated carbocycles. The maximum Gasteiger partial charge on any atom is 0.253 e. The molecule has 1 aliphatic heterocycles. The smallest absolute Gasteiger partial charge is 0.253 e. The van der Waals surface area contributed by atoms with Crippen molar-refractivity contribution < 1.29 is 14.3 Å². The van der Waals surface area contributed by atoms with Crippen LogP contribution in [0.25, 0.3) is 0 Å². The largest absolute Gasteiger partial charge is 0.490 e. The molecule has 1 heterocycles. The Morgan fingerprint density at radius 1 is 1.30 bits per heavy atom. The van der Waals surface area contributed by atoms with E-state index in [0.717, 1.165) is 50.1 Å². The van der Waals surface area contributed by atoms with Crippen LogP contribution in [0.4, 0.5) is 0 Å². The molecule has 1 aromatic rings. The van der Waals surface area contributed by atoms with E-state index in [-0.39, 0.29) is 5.91 Å². The van der Waals surface area contributed by atoms with E-state index in [9.17, 15) is 4.79 Å². The number of hydrogen-bond donors (Lipinski definition) is 0. The van der Waals surface area contributed by atoms with Crippen molar-refractivity contribution >= 4 is 5.91 Å². The Labute approximate surface area is 138 Å². The SMILES string of the molecule is C=CCOc1ccc(C(=O)N2CCC3(CC2)CC(OC)C3)cc1. The number of benzene rings is 1. The normalized spacial score (nSPS) is 20.1. The highest BCUT2D eigenvalue weighted by Crippen LogP contribution is 2.50. The first-order chi connectivity index (χ1) is 11.2. The Bertz CT molecular complexity index is 550. The van der Waals surface area contributed by atoms with E-state index in [0.29, 0.717) is 18.1 Å². The highest BCUT2D eigenvalue weighted by molar-refractivity contribution is 5.94. The van der Waals surface area contributed by atoms with Gasteiger partial charge in [-0.15, -0.1) is 0 Å². The number of nitrogens with zero attached hydrogens (tertiary/aromatic N) is 1. The van der Waals surface area contributed by atoms with E-state index >= 15 is 0 Å². The predicted octanol–water partition coefficient (Wildman–Crippen LogP) is 3.28. The lowest BCUT2D eigenvalue weighted by Crippen LogP contribution is -2.50. The number of piperidine rings is 1. The molecule has 1 aromatic carbocycles. The second-order valence-corrected chi connectivity index (χ2v) is 6.68. The minimum absolute atomic E-state index is 0.123.